The fourth-order valence-corrected chi connectivity index (χ4v) is 1.33. The van der Waals surface area contributed by atoms with Crippen molar-refractivity contribution in [3.63, 3.8) is 0 Å². The van der Waals surface area contributed by atoms with Gasteiger partial charge in [0.25, 0.3) is 0 Å². The highest BCUT2D eigenvalue weighted by Gasteiger charge is 1.93. The van der Waals surface area contributed by atoms with Gasteiger partial charge in [-0.1, -0.05) is 11.6 Å². The number of nitrogens with zero attached hydrogens (tertiary/aromatic N) is 4. The molecule has 0 spiro atoms. The summed E-state index contributed by atoms with van der Waals surface area (Å²) in [5.41, 5.74) is 0. The van der Waals surface area contributed by atoms with Gasteiger partial charge in [-0.05, 0) is 36.2 Å². The second kappa shape index (κ2) is 8.02. The van der Waals surface area contributed by atoms with Crippen molar-refractivity contribution in [2.45, 2.75) is 6.92 Å². The minimum absolute atomic E-state index is 0.178. The van der Waals surface area contributed by atoms with Crippen molar-refractivity contribution >= 4 is 34.8 Å². The zero-order valence-electron chi connectivity index (χ0n) is 9.35. The van der Waals surface area contributed by atoms with E-state index in [-0.39, 0.29) is 10.6 Å². The Morgan fingerprint density at radius 3 is 2.06 bits per heavy atom. The molecule has 2 heterocycles. The van der Waals surface area contributed by atoms with Crippen LogP contribution in [0.5, 0.6) is 5.88 Å². The van der Waals surface area contributed by atoms with E-state index in [0.717, 1.165) is 0 Å². The molecule has 0 aromatic carbocycles. The highest BCUT2D eigenvalue weighted by molar-refractivity contribution is 6.31. The van der Waals surface area contributed by atoms with Crippen molar-refractivity contribution in [1.82, 2.24) is 19.9 Å². The van der Waals surface area contributed by atoms with Crippen LogP contribution in [0.1, 0.15) is 6.92 Å². The van der Waals surface area contributed by atoms with E-state index in [0.29, 0.717) is 17.6 Å². The molecule has 0 N–H and O–H groups in total. The lowest BCUT2D eigenvalue weighted by molar-refractivity contribution is 0.326. The third-order valence-electron chi connectivity index (χ3n) is 1.49. The van der Waals surface area contributed by atoms with Gasteiger partial charge in [0.05, 0.1) is 6.61 Å². The Morgan fingerprint density at radius 2 is 1.61 bits per heavy atom. The molecule has 5 nitrogen and oxygen atoms in total. The molecule has 8 heteroatoms. The van der Waals surface area contributed by atoms with Gasteiger partial charge in [-0.25, -0.2) is 15.0 Å². The number of hydrogen-bond acceptors (Lipinski definition) is 5. The van der Waals surface area contributed by atoms with Crippen LogP contribution in [-0.4, -0.2) is 26.5 Å². The van der Waals surface area contributed by atoms with E-state index < -0.39 is 0 Å². The minimum atomic E-state index is 0.178. The fourth-order valence-electron chi connectivity index (χ4n) is 0.862. The van der Waals surface area contributed by atoms with E-state index in [4.69, 9.17) is 39.5 Å². The van der Waals surface area contributed by atoms with Gasteiger partial charge in [0, 0.05) is 18.5 Å². The third kappa shape index (κ3) is 5.95. The predicted molar refractivity (Wildman–Crippen MR) is 70.3 cm³/mol. The van der Waals surface area contributed by atoms with E-state index in [2.05, 4.69) is 19.9 Å². The van der Waals surface area contributed by atoms with Crippen LogP contribution in [-0.2, 0) is 0 Å². The Bertz CT molecular complexity index is 481. The van der Waals surface area contributed by atoms with Crippen LogP contribution in [0, 0.1) is 0 Å². The molecule has 0 aliphatic rings. The maximum Gasteiger partial charge on any atom is 0.225 e. The average Bonchev–Trinajstić information content (AvgIpc) is 2.30. The minimum Gasteiger partial charge on any atom is -0.478 e. The lowest BCUT2D eigenvalue weighted by Crippen LogP contribution is -1.94. The standard InChI is InChI=1S/C6H7ClN2O.C4H2Cl2N2/c1-2-10-5-3-4-8-6(7)9-5;5-3-1-2-7-4(6)8-3/h3-4H,2H2,1H3;1-2H. The Kier molecular flexibility index (Phi) is 6.64. The van der Waals surface area contributed by atoms with Crippen LogP contribution >= 0.6 is 34.8 Å². The maximum atomic E-state index is 5.48. The third-order valence-corrected chi connectivity index (χ3v) is 2.06. The molecular formula is C10H9Cl3N4O. The number of rotatable bonds is 2. The molecule has 2 aromatic heterocycles. The first-order valence-electron chi connectivity index (χ1n) is 4.87. The second-order valence-electron chi connectivity index (χ2n) is 2.75. The van der Waals surface area contributed by atoms with Crippen LogP contribution in [0.25, 0.3) is 0 Å². The monoisotopic (exact) mass is 306 g/mol. The summed E-state index contributed by atoms with van der Waals surface area (Å²) in [5, 5.41) is 0.758. The first-order chi connectivity index (χ1) is 8.61. The Morgan fingerprint density at radius 1 is 1.00 bits per heavy atom. The lowest BCUT2D eigenvalue weighted by Gasteiger charge is -1.98. The van der Waals surface area contributed by atoms with Crippen molar-refractivity contribution in [3.05, 3.63) is 40.2 Å². The molecule has 0 bridgehead atoms. The fraction of sp³-hybridized carbons (Fsp3) is 0.200. The first-order valence-corrected chi connectivity index (χ1v) is 6.00. The molecule has 0 atom stereocenters. The van der Waals surface area contributed by atoms with Crippen molar-refractivity contribution in [2.24, 2.45) is 0 Å². The molecule has 0 unspecified atom stereocenters. The van der Waals surface area contributed by atoms with Crippen molar-refractivity contribution < 1.29 is 4.74 Å². The van der Waals surface area contributed by atoms with Gasteiger partial charge in [-0.2, -0.15) is 4.98 Å². The molecule has 2 aromatic rings. The number of aromatic nitrogens is 4. The summed E-state index contributed by atoms with van der Waals surface area (Å²) in [6.45, 7) is 2.48. The van der Waals surface area contributed by atoms with E-state index >= 15 is 0 Å². The van der Waals surface area contributed by atoms with Crippen LogP contribution in [0.2, 0.25) is 15.7 Å². The van der Waals surface area contributed by atoms with Crippen LogP contribution in [0.15, 0.2) is 24.5 Å². The molecule has 0 saturated heterocycles. The SMILES string of the molecule is CCOc1ccnc(Cl)n1.Clc1ccnc(Cl)n1. The second-order valence-corrected chi connectivity index (χ2v) is 3.81. The van der Waals surface area contributed by atoms with Crippen molar-refractivity contribution in [3.8, 4) is 5.88 Å². The summed E-state index contributed by atoms with van der Waals surface area (Å²) >= 11 is 16.2. The molecule has 96 valence electrons. The van der Waals surface area contributed by atoms with Crippen LogP contribution in [0.3, 0.4) is 0 Å². The molecule has 0 radical (unpaired) electrons. The zero-order chi connectivity index (χ0) is 13.4. The highest BCUT2D eigenvalue weighted by atomic mass is 35.5. The van der Waals surface area contributed by atoms with Gasteiger partial charge in [0.2, 0.25) is 16.4 Å². The number of hydrogen-bond donors (Lipinski definition) is 0. The summed E-state index contributed by atoms with van der Waals surface area (Å²) < 4.78 is 5.05. The number of ether oxygens (including phenoxy) is 1. The average molecular weight is 308 g/mol. The van der Waals surface area contributed by atoms with Gasteiger partial charge < -0.3 is 4.74 Å². The molecule has 0 aliphatic heterocycles. The van der Waals surface area contributed by atoms with Gasteiger partial charge in [0.1, 0.15) is 5.15 Å². The van der Waals surface area contributed by atoms with Crippen LogP contribution < -0.4 is 4.74 Å². The van der Waals surface area contributed by atoms with Crippen LogP contribution in [0.4, 0.5) is 0 Å². The molecule has 2 rings (SSSR count). The topological polar surface area (TPSA) is 60.8 Å². The smallest absolute Gasteiger partial charge is 0.225 e. The number of halogens is 3. The van der Waals surface area contributed by atoms with Gasteiger partial charge in [-0.3, -0.25) is 0 Å². The molecular weight excluding hydrogens is 298 g/mol. The largest absolute Gasteiger partial charge is 0.478 e. The summed E-state index contributed by atoms with van der Waals surface area (Å²) in [6.07, 6.45) is 3.05. The summed E-state index contributed by atoms with van der Waals surface area (Å²) in [6, 6.07) is 3.23. The quantitative estimate of drug-likeness (QED) is 0.629. The Hall–Kier alpha value is -1.17. The summed E-state index contributed by atoms with van der Waals surface area (Å²) in [5.74, 6) is 0.516. The Labute approximate surface area is 119 Å². The maximum absolute atomic E-state index is 5.48. The predicted octanol–water partition coefficient (Wildman–Crippen LogP) is 3.31. The van der Waals surface area contributed by atoms with Gasteiger partial charge in [-0.15, -0.1) is 0 Å². The summed E-state index contributed by atoms with van der Waals surface area (Å²) in [4.78, 5) is 14.7. The van der Waals surface area contributed by atoms with Crippen molar-refractivity contribution in [1.29, 1.82) is 0 Å². The van der Waals surface area contributed by atoms with E-state index in [9.17, 15) is 0 Å². The van der Waals surface area contributed by atoms with E-state index in [1.54, 1.807) is 18.3 Å². The molecule has 0 fully saturated rings. The zero-order valence-corrected chi connectivity index (χ0v) is 11.6. The van der Waals surface area contributed by atoms with Gasteiger partial charge >= 0.3 is 0 Å². The molecule has 0 amide bonds. The lowest BCUT2D eigenvalue weighted by atomic mass is 10.6. The van der Waals surface area contributed by atoms with E-state index in [1.165, 1.54) is 6.20 Å². The molecule has 0 aliphatic carbocycles. The summed E-state index contributed by atoms with van der Waals surface area (Å²) in [7, 11) is 0. The van der Waals surface area contributed by atoms with E-state index in [1.807, 2.05) is 6.92 Å². The highest BCUT2D eigenvalue weighted by Crippen LogP contribution is 2.07. The molecule has 0 saturated carbocycles. The molecule has 18 heavy (non-hydrogen) atoms. The first kappa shape index (κ1) is 14.9. The van der Waals surface area contributed by atoms with Gasteiger partial charge in [0.15, 0.2) is 0 Å². The Balaban J connectivity index is 0.000000184. The normalized spacial score (nSPS) is 9.33. The van der Waals surface area contributed by atoms with Crippen molar-refractivity contribution in [2.75, 3.05) is 6.61 Å².